The molecule has 0 bridgehead atoms. The van der Waals surface area contributed by atoms with Crippen molar-refractivity contribution in [2.24, 2.45) is 0 Å². The molecule has 5 aromatic rings. The second-order valence-corrected chi connectivity index (χ2v) is 11.7. The molecule has 46 heavy (non-hydrogen) atoms. The number of carbonyl (C=O) groups is 1. The first-order chi connectivity index (χ1) is 22.3. The topological polar surface area (TPSA) is 29.5 Å². The lowest BCUT2D eigenvalue weighted by Gasteiger charge is -2.26. The highest BCUT2D eigenvalue weighted by Gasteiger charge is 2.13. The Labute approximate surface area is 273 Å². The van der Waals surface area contributed by atoms with Gasteiger partial charge in [0, 0.05) is 22.6 Å². The van der Waals surface area contributed by atoms with Gasteiger partial charge in [0.15, 0.2) is 0 Å². The van der Waals surface area contributed by atoms with E-state index in [2.05, 4.69) is 171 Å². The van der Waals surface area contributed by atoms with Crippen LogP contribution in [0.5, 0.6) is 0 Å². The first-order valence-corrected chi connectivity index (χ1v) is 15.8. The van der Waals surface area contributed by atoms with Crippen LogP contribution in [0, 0.1) is 13.8 Å². The van der Waals surface area contributed by atoms with E-state index < -0.39 is 0 Å². The molecule has 3 nitrogen and oxygen atoms in total. The zero-order valence-corrected chi connectivity index (χ0v) is 26.9. The number of hydrogen-bond donors (Lipinski definition) is 0. The van der Waals surface area contributed by atoms with Gasteiger partial charge in [0.25, 0.3) is 0 Å². The van der Waals surface area contributed by atoms with Crippen LogP contribution in [0.4, 0.5) is 17.1 Å². The van der Waals surface area contributed by atoms with Crippen molar-refractivity contribution < 1.29 is 9.53 Å². The van der Waals surface area contributed by atoms with Crippen LogP contribution < -0.4 is 4.90 Å². The maximum atomic E-state index is 11.7. The standard InChI is InChI=1S/C43H41NO2/c1-32(2)43(45)46-31-5-6-35-19-25-40(26-20-35)44(41-27-21-38(22-28-41)17-15-36-11-7-33(3)8-12-36)42-29-23-39(24-30-42)18-16-37-13-9-34(4)10-14-37/h7-30H,1,5-6,31H2,2-4H3. The van der Waals surface area contributed by atoms with Gasteiger partial charge in [-0.1, -0.05) is 127 Å². The van der Waals surface area contributed by atoms with E-state index in [-0.39, 0.29) is 5.97 Å². The van der Waals surface area contributed by atoms with E-state index in [0.717, 1.165) is 41.0 Å². The molecule has 0 amide bonds. The molecule has 0 spiro atoms. The second kappa shape index (κ2) is 15.5. The lowest BCUT2D eigenvalue weighted by molar-refractivity contribution is -0.139. The SMILES string of the molecule is C=C(C)C(=O)OCCCc1ccc(N(c2ccc(C=Cc3ccc(C)cc3)cc2)c2ccc(C=Cc3ccc(C)cc3)cc2)cc1. The van der Waals surface area contributed by atoms with Crippen molar-refractivity contribution in [3.8, 4) is 0 Å². The van der Waals surface area contributed by atoms with Crippen molar-refractivity contribution >= 4 is 47.3 Å². The molecule has 5 rings (SSSR count). The van der Waals surface area contributed by atoms with Crippen LogP contribution in [0.1, 0.15) is 52.3 Å². The lowest BCUT2D eigenvalue weighted by Crippen LogP contribution is -2.10. The van der Waals surface area contributed by atoms with Crippen LogP contribution in [0.2, 0.25) is 0 Å². The number of nitrogens with zero attached hydrogens (tertiary/aromatic N) is 1. The molecule has 0 fully saturated rings. The van der Waals surface area contributed by atoms with E-state index >= 15 is 0 Å². The van der Waals surface area contributed by atoms with Crippen molar-refractivity contribution in [1.82, 2.24) is 0 Å². The minimum absolute atomic E-state index is 0.334. The Morgan fingerprint density at radius 3 is 1.30 bits per heavy atom. The summed E-state index contributed by atoms with van der Waals surface area (Å²) >= 11 is 0. The van der Waals surface area contributed by atoms with Gasteiger partial charge in [-0.25, -0.2) is 4.79 Å². The number of hydrogen-bond acceptors (Lipinski definition) is 3. The predicted octanol–water partition coefficient (Wildman–Crippen LogP) is 11.2. The summed E-state index contributed by atoms with van der Waals surface area (Å²) < 4.78 is 5.26. The normalized spacial score (nSPS) is 11.2. The third-order valence-corrected chi connectivity index (χ3v) is 7.78. The van der Waals surface area contributed by atoms with Gasteiger partial charge in [0.2, 0.25) is 0 Å². The van der Waals surface area contributed by atoms with Crippen molar-refractivity contribution in [1.29, 1.82) is 0 Å². The van der Waals surface area contributed by atoms with Crippen molar-refractivity contribution in [2.75, 3.05) is 11.5 Å². The molecular weight excluding hydrogens is 562 g/mol. The van der Waals surface area contributed by atoms with Crippen LogP contribution in [-0.2, 0) is 16.0 Å². The fraction of sp³-hybridized carbons (Fsp3) is 0.140. The number of carbonyl (C=O) groups excluding carboxylic acids is 1. The van der Waals surface area contributed by atoms with Gasteiger partial charge in [0.05, 0.1) is 6.61 Å². The second-order valence-electron chi connectivity index (χ2n) is 11.7. The molecule has 0 N–H and O–H groups in total. The van der Waals surface area contributed by atoms with E-state index in [4.69, 9.17) is 4.74 Å². The number of rotatable bonds is 12. The molecule has 0 saturated carbocycles. The van der Waals surface area contributed by atoms with E-state index in [0.29, 0.717) is 12.2 Å². The molecule has 0 unspecified atom stereocenters. The minimum atomic E-state index is -0.334. The van der Waals surface area contributed by atoms with Gasteiger partial charge in [-0.3, -0.25) is 0 Å². The third-order valence-electron chi connectivity index (χ3n) is 7.78. The summed E-state index contributed by atoms with van der Waals surface area (Å²) in [4.78, 5) is 14.0. The van der Waals surface area contributed by atoms with Gasteiger partial charge in [-0.2, -0.15) is 0 Å². The Hall–Kier alpha value is -5.41. The molecule has 3 heteroatoms. The number of aryl methyl sites for hydroxylation is 3. The Morgan fingerprint density at radius 2 is 0.935 bits per heavy atom. The van der Waals surface area contributed by atoms with Gasteiger partial charge >= 0.3 is 5.97 Å². The molecule has 0 atom stereocenters. The largest absolute Gasteiger partial charge is 0.462 e. The molecule has 0 radical (unpaired) electrons. The Kier molecular flexibility index (Phi) is 10.8. The van der Waals surface area contributed by atoms with Crippen LogP contribution in [0.15, 0.2) is 133 Å². The van der Waals surface area contributed by atoms with Gasteiger partial charge in [0.1, 0.15) is 0 Å². The minimum Gasteiger partial charge on any atom is -0.462 e. The van der Waals surface area contributed by atoms with E-state index in [1.54, 1.807) is 6.92 Å². The highest BCUT2D eigenvalue weighted by molar-refractivity contribution is 5.87. The first kappa shape index (κ1) is 32.0. The molecule has 230 valence electrons. The summed E-state index contributed by atoms with van der Waals surface area (Å²) in [6.45, 7) is 9.89. The van der Waals surface area contributed by atoms with Crippen molar-refractivity contribution in [3.05, 3.63) is 172 Å². The van der Waals surface area contributed by atoms with Crippen LogP contribution in [0.3, 0.4) is 0 Å². The van der Waals surface area contributed by atoms with Crippen LogP contribution in [-0.4, -0.2) is 12.6 Å². The number of benzene rings is 5. The number of ether oxygens (including phenoxy) is 1. The average molecular weight is 604 g/mol. The maximum Gasteiger partial charge on any atom is 0.333 e. The number of esters is 1. The van der Waals surface area contributed by atoms with E-state index in [1.807, 2.05) is 0 Å². The van der Waals surface area contributed by atoms with E-state index in [1.165, 1.54) is 27.8 Å². The molecule has 0 aliphatic heterocycles. The summed E-state index contributed by atoms with van der Waals surface area (Å²) in [5.41, 5.74) is 12.0. The van der Waals surface area contributed by atoms with Gasteiger partial charge < -0.3 is 9.64 Å². The molecule has 5 aromatic carbocycles. The lowest BCUT2D eigenvalue weighted by atomic mass is 10.1. The highest BCUT2D eigenvalue weighted by atomic mass is 16.5. The Bertz CT molecular complexity index is 1690. The van der Waals surface area contributed by atoms with Gasteiger partial charge in [-0.15, -0.1) is 0 Å². The highest BCUT2D eigenvalue weighted by Crippen LogP contribution is 2.35. The maximum absolute atomic E-state index is 11.7. The zero-order valence-electron chi connectivity index (χ0n) is 26.9. The van der Waals surface area contributed by atoms with Crippen molar-refractivity contribution in [2.45, 2.75) is 33.6 Å². The molecule has 0 saturated heterocycles. The molecule has 0 aromatic heterocycles. The zero-order chi connectivity index (χ0) is 32.3. The summed E-state index contributed by atoms with van der Waals surface area (Å²) in [6, 6.07) is 43.0. The molecular formula is C43H41NO2. The fourth-order valence-corrected chi connectivity index (χ4v) is 5.03. The summed E-state index contributed by atoms with van der Waals surface area (Å²) in [7, 11) is 0. The van der Waals surface area contributed by atoms with Gasteiger partial charge in [-0.05, 0) is 97.8 Å². The van der Waals surface area contributed by atoms with Crippen molar-refractivity contribution in [3.63, 3.8) is 0 Å². The predicted molar refractivity (Wildman–Crippen MR) is 195 cm³/mol. The molecule has 0 aliphatic rings. The van der Waals surface area contributed by atoms with Crippen LogP contribution >= 0.6 is 0 Å². The average Bonchev–Trinajstić information content (AvgIpc) is 3.08. The first-order valence-electron chi connectivity index (χ1n) is 15.8. The van der Waals surface area contributed by atoms with E-state index in [9.17, 15) is 4.79 Å². The summed E-state index contributed by atoms with van der Waals surface area (Å²) in [5, 5.41) is 0. The smallest absolute Gasteiger partial charge is 0.333 e. The molecule has 0 heterocycles. The fourth-order valence-electron chi connectivity index (χ4n) is 5.03. The monoisotopic (exact) mass is 603 g/mol. The molecule has 0 aliphatic carbocycles. The quantitative estimate of drug-likeness (QED) is 0.0615. The Balaban J connectivity index is 1.36. The number of anilines is 3. The summed E-state index contributed by atoms with van der Waals surface area (Å²) in [5.74, 6) is -0.334. The third kappa shape index (κ3) is 9.06. The van der Waals surface area contributed by atoms with Crippen LogP contribution in [0.25, 0.3) is 24.3 Å². The Morgan fingerprint density at radius 1 is 0.587 bits per heavy atom. The summed E-state index contributed by atoms with van der Waals surface area (Å²) in [6.07, 6.45) is 10.2.